The molecule has 2 amide bonds. The third-order valence-electron chi connectivity index (χ3n) is 2.65. The topological polar surface area (TPSA) is 84.7 Å². The van der Waals surface area contributed by atoms with E-state index < -0.39 is 16.7 Å². The van der Waals surface area contributed by atoms with Gasteiger partial charge in [0.1, 0.15) is 5.76 Å². The molecule has 0 bridgehead atoms. The van der Waals surface area contributed by atoms with Crippen LogP contribution in [-0.4, -0.2) is 53.0 Å². The largest absolute Gasteiger partial charge is 0.382 e. The molecule has 0 saturated carbocycles. The Balaban J connectivity index is 2.54. The van der Waals surface area contributed by atoms with E-state index in [4.69, 9.17) is 32.5 Å². The molecule has 1 N–H and O–H groups in total. The lowest BCUT2D eigenvalue weighted by atomic mass is 10.3. The van der Waals surface area contributed by atoms with Gasteiger partial charge in [0.25, 0.3) is 5.91 Å². The molecular weight excluding hydrogens is 333 g/mol. The first-order valence-electron chi connectivity index (χ1n) is 6.82. The summed E-state index contributed by atoms with van der Waals surface area (Å²) in [5.41, 5.74) is 0. The Morgan fingerprint density at radius 1 is 1.50 bits per heavy atom. The SMILES string of the molecule is CCOCCCN(CC(=O)Nc1cc(C)on1)C(=O)C(Cl)Cl. The van der Waals surface area contributed by atoms with E-state index in [1.54, 1.807) is 13.0 Å². The number of aromatic nitrogens is 1. The van der Waals surface area contributed by atoms with E-state index in [2.05, 4.69) is 10.5 Å². The Morgan fingerprint density at radius 3 is 2.77 bits per heavy atom. The minimum Gasteiger partial charge on any atom is -0.382 e. The Hall–Kier alpha value is -1.31. The second-order valence-corrected chi connectivity index (χ2v) is 5.58. The van der Waals surface area contributed by atoms with Gasteiger partial charge >= 0.3 is 0 Å². The molecule has 124 valence electrons. The zero-order valence-corrected chi connectivity index (χ0v) is 14.0. The van der Waals surface area contributed by atoms with Gasteiger partial charge in [0, 0.05) is 25.8 Å². The maximum atomic E-state index is 11.9. The zero-order valence-electron chi connectivity index (χ0n) is 12.5. The van der Waals surface area contributed by atoms with Crippen molar-refractivity contribution in [1.82, 2.24) is 10.1 Å². The summed E-state index contributed by atoms with van der Waals surface area (Å²) < 4.78 is 10.0. The molecule has 0 aliphatic rings. The summed E-state index contributed by atoms with van der Waals surface area (Å²) >= 11 is 11.2. The number of halogens is 2. The quantitative estimate of drug-likeness (QED) is 0.543. The smallest absolute Gasteiger partial charge is 0.256 e. The number of ether oxygens (including phenoxy) is 1. The number of amides is 2. The van der Waals surface area contributed by atoms with Gasteiger partial charge in [0.2, 0.25) is 5.91 Å². The third-order valence-corrected chi connectivity index (χ3v) is 3.02. The lowest BCUT2D eigenvalue weighted by Crippen LogP contribution is -2.41. The number of anilines is 1. The molecule has 7 nitrogen and oxygen atoms in total. The van der Waals surface area contributed by atoms with Crippen molar-refractivity contribution in [2.24, 2.45) is 0 Å². The van der Waals surface area contributed by atoms with Crippen molar-refractivity contribution in [2.45, 2.75) is 25.1 Å². The van der Waals surface area contributed by atoms with Crippen LogP contribution in [0.5, 0.6) is 0 Å². The number of hydrogen-bond donors (Lipinski definition) is 1. The minimum absolute atomic E-state index is 0.174. The molecule has 0 unspecified atom stereocenters. The van der Waals surface area contributed by atoms with E-state index in [0.29, 0.717) is 31.9 Å². The molecule has 1 rings (SSSR count). The van der Waals surface area contributed by atoms with Crippen molar-refractivity contribution < 1.29 is 18.8 Å². The highest BCUT2D eigenvalue weighted by atomic mass is 35.5. The normalized spacial score (nSPS) is 10.8. The fourth-order valence-corrected chi connectivity index (χ4v) is 1.96. The predicted molar refractivity (Wildman–Crippen MR) is 83.1 cm³/mol. The molecule has 1 heterocycles. The molecular formula is C13H19Cl2N3O4. The first kappa shape index (κ1) is 18.7. The molecule has 0 aromatic carbocycles. The van der Waals surface area contributed by atoms with Gasteiger partial charge in [0.05, 0.1) is 6.54 Å². The van der Waals surface area contributed by atoms with Crippen LogP contribution in [0.3, 0.4) is 0 Å². The minimum atomic E-state index is -1.21. The number of carbonyl (C=O) groups is 2. The summed E-state index contributed by atoms with van der Waals surface area (Å²) in [6.45, 7) is 4.81. The number of carbonyl (C=O) groups excluding carboxylic acids is 2. The number of alkyl halides is 2. The van der Waals surface area contributed by atoms with Gasteiger partial charge in [-0.25, -0.2) is 0 Å². The summed E-state index contributed by atoms with van der Waals surface area (Å²) in [5, 5.41) is 6.18. The van der Waals surface area contributed by atoms with Gasteiger partial charge in [-0.05, 0) is 20.3 Å². The zero-order chi connectivity index (χ0) is 16.5. The number of nitrogens with one attached hydrogen (secondary N) is 1. The highest BCUT2D eigenvalue weighted by Crippen LogP contribution is 2.10. The maximum absolute atomic E-state index is 11.9. The van der Waals surface area contributed by atoms with Crippen molar-refractivity contribution in [3.8, 4) is 0 Å². The average molecular weight is 352 g/mol. The van der Waals surface area contributed by atoms with Crippen LogP contribution in [-0.2, 0) is 14.3 Å². The second kappa shape index (κ2) is 9.66. The molecule has 0 saturated heterocycles. The number of hydrogen-bond acceptors (Lipinski definition) is 5. The first-order valence-corrected chi connectivity index (χ1v) is 7.69. The van der Waals surface area contributed by atoms with E-state index in [1.165, 1.54) is 4.90 Å². The van der Waals surface area contributed by atoms with Crippen LogP contribution in [0, 0.1) is 6.92 Å². The highest BCUT2D eigenvalue weighted by Gasteiger charge is 2.22. The van der Waals surface area contributed by atoms with Crippen LogP contribution in [0.2, 0.25) is 0 Å². The number of aryl methyl sites for hydroxylation is 1. The van der Waals surface area contributed by atoms with Gasteiger partial charge in [-0.1, -0.05) is 28.4 Å². The molecule has 9 heteroatoms. The standard InChI is InChI=1S/C13H19Cl2N3O4/c1-3-21-6-4-5-18(13(20)12(14)15)8-11(19)16-10-7-9(2)22-17-10/h7,12H,3-6,8H2,1-2H3,(H,16,17,19). The van der Waals surface area contributed by atoms with Crippen molar-refractivity contribution in [2.75, 3.05) is 31.6 Å². The van der Waals surface area contributed by atoms with Gasteiger partial charge in [-0.3, -0.25) is 9.59 Å². The van der Waals surface area contributed by atoms with Gasteiger partial charge < -0.3 is 19.5 Å². The van der Waals surface area contributed by atoms with Crippen LogP contribution < -0.4 is 5.32 Å². The van der Waals surface area contributed by atoms with Crippen LogP contribution in [0.25, 0.3) is 0 Å². The van der Waals surface area contributed by atoms with E-state index >= 15 is 0 Å². The Kier molecular flexibility index (Phi) is 8.22. The molecule has 0 aliphatic carbocycles. The third kappa shape index (κ3) is 6.64. The van der Waals surface area contributed by atoms with E-state index in [9.17, 15) is 9.59 Å². The monoisotopic (exact) mass is 351 g/mol. The fraction of sp³-hybridized carbons (Fsp3) is 0.615. The Labute approximate surface area is 138 Å². The number of nitrogens with zero attached hydrogens (tertiary/aromatic N) is 2. The van der Waals surface area contributed by atoms with Crippen molar-refractivity contribution in [1.29, 1.82) is 0 Å². The van der Waals surface area contributed by atoms with Crippen LogP contribution in [0.15, 0.2) is 10.6 Å². The lowest BCUT2D eigenvalue weighted by Gasteiger charge is -2.22. The number of rotatable bonds is 9. The summed E-state index contributed by atoms with van der Waals surface area (Å²) in [6, 6.07) is 1.57. The molecule has 0 radical (unpaired) electrons. The summed E-state index contributed by atoms with van der Waals surface area (Å²) in [5.74, 6) is -0.0719. The van der Waals surface area contributed by atoms with Crippen molar-refractivity contribution in [3.63, 3.8) is 0 Å². The molecule has 1 aromatic heterocycles. The lowest BCUT2D eigenvalue weighted by molar-refractivity contribution is -0.133. The fourth-order valence-electron chi connectivity index (χ4n) is 1.69. The Morgan fingerprint density at radius 2 is 2.23 bits per heavy atom. The molecule has 0 aliphatic heterocycles. The molecule has 0 spiro atoms. The van der Waals surface area contributed by atoms with Crippen LogP contribution >= 0.6 is 23.2 Å². The predicted octanol–water partition coefficient (Wildman–Crippen LogP) is 1.98. The van der Waals surface area contributed by atoms with Crippen LogP contribution in [0.4, 0.5) is 5.82 Å². The van der Waals surface area contributed by atoms with E-state index in [1.807, 2.05) is 6.92 Å². The van der Waals surface area contributed by atoms with Gasteiger partial charge in [0.15, 0.2) is 10.7 Å². The summed E-state index contributed by atoms with van der Waals surface area (Å²) in [4.78, 5) is 23.9. The molecule has 1 aromatic rings. The van der Waals surface area contributed by atoms with E-state index in [-0.39, 0.29) is 12.4 Å². The molecule has 22 heavy (non-hydrogen) atoms. The first-order chi connectivity index (χ1) is 10.4. The summed E-state index contributed by atoms with van der Waals surface area (Å²) in [7, 11) is 0. The molecule has 0 fully saturated rings. The van der Waals surface area contributed by atoms with E-state index in [0.717, 1.165) is 0 Å². The van der Waals surface area contributed by atoms with Gasteiger partial charge in [-0.2, -0.15) is 0 Å². The summed E-state index contributed by atoms with van der Waals surface area (Å²) in [6.07, 6.45) is 0.580. The highest BCUT2D eigenvalue weighted by molar-refractivity contribution is 6.53. The van der Waals surface area contributed by atoms with Gasteiger partial charge in [-0.15, -0.1) is 0 Å². The second-order valence-electron chi connectivity index (χ2n) is 4.48. The van der Waals surface area contributed by atoms with Crippen molar-refractivity contribution >= 4 is 40.8 Å². The maximum Gasteiger partial charge on any atom is 0.256 e. The molecule has 0 atom stereocenters. The van der Waals surface area contributed by atoms with Crippen LogP contribution in [0.1, 0.15) is 19.1 Å². The average Bonchev–Trinajstić information content (AvgIpc) is 2.86. The Bertz CT molecular complexity index is 493. The van der Waals surface area contributed by atoms with Crippen molar-refractivity contribution in [3.05, 3.63) is 11.8 Å².